The molecule has 0 aliphatic heterocycles. The molecule has 0 saturated heterocycles. The highest BCUT2D eigenvalue weighted by atomic mass is 32.1. The van der Waals surface area contributed by atoms with Gasteiger partial charge in [-0.3, -0.25) is 4.98 Å². The molecule has 0 amide bonds. The number of thiophene rings is 1. The van der Waals surface area contributed by atoms with Gasteiger partial charge in [0, 0.05) is 17.3 Å². The minimum atomic E-state index is -4.76. The van der Waals surface area contributed by atoms with Crippen molar-refractivity contribution < 1.29 is 26.3 Å². The van der Waals surface area contributed by atoms with E-state index < -0.39 is 23.6 Å². The van der Waals surface area contributed by atoms with Crippen LogP contribution in [0.1, 0.15) is 11.3 Å². The van der Waals surface area contributed by atoms with E-state index in [0.717, 1.165) is 29.1 Å². The zero-order valence-corrected chi connectivity index (χ0v) is 16.2. The maximum absolute atomic E-state index is 13.5. The summed E-state index contributed by atoms with van der Waals surface area (Å²) in [5.74, 6) is -0.204. The molecule has 0 N–H and O–H groups in total. The van der Waals surface area contributed by atoms with Crippen LogP contribution in [0, 0.1) is 0 Å². The predicted octanol–water partition coefficient (Wildman–Crippen LogP) is 6.97. The molecule has 0 atom stereocenters. The van der Waals surface area contributed by atoms with Gasteiger partial charge in [0.15, 0.2) is 5.82 Å². The van der Waals surface area contributed by atoms with Gasteiger partial charge >= 0.3 is 12.4 Å². The van der Waals surface area contributed by atoms with Gasteiger partial charge < -0.3 is 0 Å². The van der Waals surface area contributed by atoms with Gasteiger partial charge in [0.1, 0.15) is 5.69 Å². The van der Waals surface area contributed by atoms with Gasteiger partial charge in [0.2, 0.25) is 0 Å². The second-order valence-electron chi connectivity index (χ2n) is 6.44. The summed E-state index contributed by atoms with van der Waals surface area (Å²) < 4.78 is 78.8. The summed E-state index contributed by atoms with van der Waals surface area (Å²) in [6.45, 7) is 0. The Morgan fingerprint density at radius 2 is 1.45 bits per heavy atom. The van der Waals surface area contributed by atoms with E-state index in [0.29, 0.717) is 17.3 Å². The van der Waals surface area contributed by atoms with Crippen molar-refractivity contribution in [2.45, 2.75) is 12.4 Å². The number of halogens is 6. The first-order chi connectivity index (χ1) is 14.6. The van der Waals surface area contributed by atoms with E-state index in [-0.39, 0.29) is 17.1 Å². The van der Waals surface area contributed by atoms with Crippen LogP contribution >= 0.6 is 11.3 Å². The molecule has 10 heteroatoms. The number of hydrogen-bond donors (Lipinski definition) is 0. The molecule has 3 heterocycles. The van der Waals surface area contributed by atoms with E-state index in [1.165, 1.54) is 23.6 Å². The number of pyridine rings is 1. The quantitative estimate of drug-likeness (QED) is 0.316. The maximum atomic E-state index is 13.5. The molecule has 0 aliphatic carbocycles. The summed E-state index contributed by atoms with van der Waals surface area (Å²) in [7, 11) is 0. The van der Waals surface area contributed by atoms with E-state index in [4.69, 9.17) is 0 Å². The summed E-state index contributed by atoms with van der Waals surface area (Å²) in [6.07, 6.45) is -7.88. The van der Waals surface area contributed by atoms with Crippen molar-refractivity contribution in [3.63, 3.8) is 0 Å². The Balaban J connectivity index is 1.82. The van der Waals surface area contributed by atoms with Crippen LogP contribution < -0.4 is 0 Å². The molecule has 4 aromatic rings. The van der Waals surface area contributed by atoms with Crippen molar-refractivity contribution in [1.29, 1.82) is 0 Å². The van der Waals surface area contributed by atoms with Crippen LogP contribution in [0.3, 0.4) is 0 Å². The highest BCUT2D eigenvalue weighted by Crippen LogP contribution is 2.35. The van der Waals surface area contributed by atoms with Crippen molar-refractivity contribution in [1.82, 2.24) is 15.0 Å². The van der Waals surface area contributed by atoms with E-state index in [9.17, 15) is 26.3 Å². The van der Waals surface area contributed by atoms with Crippen molar-refractivity contribution in [3.8, 4) is 33.2 Å². The monoisotopic (exact) mass is 451 g/mol. The van der Waals surface area contributed by atoms with Crippen molar-refractivity contribution in [2.75, 3.05) is 0 Å². The Hall–Kier alpha value is -3.27. The first-order valence-electron chi connectivity index (χ1n) is 8.75. The van der Waals surface area contributed by atoms with Crippen LogP contribution in [0.4, 0.5) is 26.3 Å². The molecule has 158 valence electrons. The van der Waals surface area contributed by atoms with Crippen LogP contribution in [0.5, 0.6) is 0 Å². The van der Waals surface area contributed by atoms with Crippen LogP contribution in [0.25, 0.3) is 33.2 Å². The van der Waals surface area contributed by atoms with Gasteiger partial charge in [-0.1, -0.05) is 18.2 Å². The minimum Gasteiger partial charge on any atom is -0.255 e. The normalized spacial score (nSPS) is 12.2. The first kappa shape index (κ1) is 21.0. The van der Waals surface area contributed by atoms with Gasteiger partial charge in [0.05, 0.1) is 21.8 Å². The minimum absolute atomic E-state index is 0.106. The van der Waals surface area contributed by atoms with Gasteiger partial charge in [-0.15, -0.1) is 11.3 Å². The van der Waals surface area contributed by atoms with Gasteiger partial charge in [0.25, 0.3) is 0 Å². The number of alkyl halides is 6. The van der Waals surface area contributed by atoms with Crippen LogP contribution in [-0.4, -0.2) is 15.0 Å². The lowest BCUT2D eigenvalue weighted by Crippen LogP contribution is -2.10. The molecule has 3 nitrogen and oxygen atoms in total. The Morgan fingerprint density at radius 3 is 2.06 bits per heavy atom. The third-order valence-corrected chi connectivity index (χ3v) is 5.21. The van der Waals surface area contributed by atoms with E-state index in [1.807, 2.05) is 17.5 Å². The van der Waals surface area contributed by atoms with E-state index in [1.54, 1.807) is 6.07 Å². The van der Waals surface area contributed by atoms with Crippen molar-refractivity contribution in [2.24, 2.45) is 0 Å². The Morgan fingerprint density at radius 1 is 0.710 bits per heavy atom. The Kier molecular flexibility index (Phi) is 5.26. The van der Waals surface area contributed by atoms with Crippen LogP contribution in [-0.2, 0) is 12.4 Å². The number of benzene rings is 1. The smallest absolute Gasteiger partial charge is 0.255 e. The molecule has 3 aromatic heterocycles. The molecule has 0 radical (unpaired) electrons. The topological polar surface area (TPSA) is 38.7 Å². The first-order valence-corrected chi connectivity index (χ1v) is 9.63. The van der Waals surface area contributed by atoms with Gasteiger partial charge in [-0.25, -0.2) is 9.97 Å². The number of rotatable bonds is 3. The summed E-state index contributed by atoms with van der Waals surface area (Å²) in [5.41, 5.74) is -1.28. The lowest BCUT2D eigenvalue weighted by molar-refractivity contribution is -0.141. The molecule has 1 aromatic carbocycles. The molecule has 0 bridgehead atoms. The fourth-order valence-electron chi connectivity index (χ4n) is 2.83. The van der Waals surface area contributed by atoms with Crippen molar-refractivity contribution in [3.05, 3.63) is 77.4 Å². The second-order valence-corrected chi connectivity index (χ2v) is 7.39. The Labute approximate surface area is 176 Å². The molecule has 0 aliphatic rings. The summed E-state index contributed by atoms with van der Waals surface area (Å²) in [6, 6.07) is 11.2. The third-order valence-electron chi connectivity index (χ3n) is 4.32. The van der Waals surface area contributed by atoms with Crippen molar-refractivity contribution >= 4 is 11.3 Å². The summed E-state index contributed by atoms with van der Waals surface area (Å²) in [5, 5.41) is 1.84. The number of aromatic nitrogens is 3. The molecule has 0 saturated carbocycles. The molecule has 0 fully saturated rings. The molecule has 31 heavy (non-hydrogen) atoms. The highest BCUT2D eigenvalue weighted by Gasteiger charge is 2.34. The highest BCUT2D eigenvalue weighted by molar-refractivity contribution is 7.13. The average Bonchev–Trinajstić information content (AvgIpc) is 3.27. The molecule has 4 rings (SSSR count). The number of hydrogen-bond acceptors (Lipinski definition) is 4. The summed E-state index contributed by atoms with van der Waals surface area (Å²) >= 11 is 1.42. The van der Waals surface area contributed by atoms with Gasteiger partial charge in [-0.05, 0) is 41.8 Å². The zero-order valence-electron chi connectivity index (χ0n) is 15.4. The van der Waals surface area contributed by atoms with Gasteiger partial charge in [-0.2, -0.15) is 26.3 Å². The van der Waals surface area contributed by atoms with Crippen LogP contribution in [0.15, 0.2) is 66.2 Å². The average molecular weight is 451 g/mol. The zero-order chi connectivity index (χ0) is 22.2. The standard InChI is InChI=1S/C21H11F6N3S/c22-20(23,24)14-5-3-12(4-6-14)15-11-18(21(25,26)27)30-19(29-15)13-7-8-28-16(10-13)17-2-1-9-31-17/h1-11H. The fraction of sp³-hybridized carbons (Fsp3) is 0.0952. The largest absolute Gasteiger partial charge is 0.433 e. The molecular weight excluding hydrogens is 440 g/mol. The fourth-order valence-corrected chi connectivity index (χ4v) is 3.52. The predicted molar refractivity (Wildman–Crippen MR) is 104 cm³/mol. The number of nitrogens with zero attached hydrogens (tertiary/aromatic N) is 3. The SMILES string of the molecule is FC(F)(F)c1ccc(-c2cc(C(F)(F)F)nc(-c3ccnc(-c4cccs4)c3)n2)cc1. The maximum Gasteiger partial charge on any atom is 0.433 e. The van der Waals surface area contributed by atoms with Crippen LogP contribution in [0.2, 0.25) is 0 Å². The summed E-state index contributed by atoms with van der Waals surface area (Å²) in [4.78, 5) is 12.9. The molecule has 0 spiro atoms. The van der Waals surface area contributed by atoms with E-state index in [2.05, 4.69) is 15.0 Å². The lowest BCUT2D eigenvalue weighted by atomic mass is 10.1. The molecule has 0 unspecified atom stereocenters. The third kappa shape index (κ3) is 4.58. The lowest BCUT2D eigenvalue weighted by Gasteiger charge is -2.12. The second kappa shape index (κ2) is 7.77. The molecular formula is C21H11F6N3S. The Bertz CT molecular complexity index is 1200. The van der Waals surface area contributed by atoms with E-state index >= 15 is 0 Å².